The zero-order valence-electron chi connectivity index (χ0n) is 57.4. The minimum atomic E-state index is -2.06. The molecular formula is C61H102O37. The molecule has 37 heteroatoms. The Kier molecular flexibility index (Phi) is 41.1. The lowest BCUT2D eigenvalue weighted by atomic mass is 9.90. The third kappa shape index (κ3) is 28.3. The van der Waals surface area contributed by atoms with Crippen molar-refractivity contribution in [2.24, 2.45) is 54.1 Å². The maximum absolute atomic E-state index is 13.9. The van der Waals surface area contributed by atoms with Crippen molar-refractivity contribution in [1.29, 1.82) is 0 Å². The molecule has 0 aromatic carbocycles. The molecular weight excluding hydrogens is 1320 g/mol. The number of hydrogen-bond donors (Lipinski definition) is 10. The third-order valence-electron chi connectivity index (χ3n) is 15.4. The number of rotatable bonds is 57. The highest BCUT2D eigenvalue weighted by Crippen LogP contribution is 2.30. The van der Waals surface area contributed by atoms with Crippen molar-refractivity contribution in [2.75, 3.05) is 205 Å². The fourth-order valence-corrected chi connectivity index (χ4v) is 7.16. The van der Waals surface area contributed by atoms with Gasteiger partial charge in [-0.3, -0.25) is 52.7 Å². The van der Waals surface area contributed by atoms with Crippen LogP contribution in [0.15, 0.2) is 0 Å². The van der Waals surface area contributed by atoms with Gasteiger partial charge in [0, 0.05) is 7.11 Å². The molecule has 0 spiro atoms. The molecule has 37 nitrogen and oxygen atoms in total. The molecule has 0 aliphatic rings. The van der Waals surface area contributed by atoms with E-state index in [0.717, 1.165) is 20.8 Å². The quantitative estimate of drug-likeness (QED) is 0.0118. The summed E-state index contributed by atoms with van der Waals surface area (Å²) in [6.45, 7) is -9.29. The van der Waals surface area contributed by atoms with E-state index in [1.165, 1.54) is 48.7 Å². The summed E-state index contributed by atoms with van der Waals surface area (Å²) in [5.74, 6) is -9.90. The van der Waals surface area contributed by atoms with E-state index in [2.05, 4.69) is 0 Å². The first-order chi connectivity index (χ1) is 45.9. The summed E-state index contributed by atoms with van der Waals surface area (Å²) in [6.07, 6.45) is 0. The van der Waals surface area contributed by atoms with E-state index in [0.29, 0.717) is 0 Å². The van der Waals surface area contributed by atoms with Gasteiger partial charge in [-0.15, -0.1) is 0 Å². The van der Waals surface area contributed by atoms with Crippen LogP contribution in [0.5, 0.6) is 0 Å². The lowest BCUT2D eigenvalue weighted by Gasteiger charge is -2.33. The highest BCUT2D eigenvalue weighted by Gasteiger charge is 2.47. The monoisotopic (exact) mass is 1430 g/mol. The molecule has 0 aromatic rings. The lowest BCUT2D eigenvalue weighted by molar-refractivity contribution is -0.181. The third-order valence-corrected chi connectivity index (χ3v) is 15.4. The van der Waals surface area contributed by atoms with Gasteiger partial charge in [-0.2, -0.15) is 0 Å². The molecule has 0 aliphatic carbocycles. The van der Waals surface area contributed by atoms with E-state index in [4.69, 9.17) is 75.8 Å². The second-order valence-corrected chi connectivity index (χ2v) is 26.0. The lowest BCUT2D eigenvalue weighted by Crippen LogP contribution is -2.46. The fourth-order valence-electron chi connectivity index (χ4n) is 7.16. The average Bonchev–Trinajstić information content (AvgIpc) is 0.845. The van der Waals surface area contributed by atoms with Crippen molar-refractivity contribution >= 4 is 66.7 Å². The molecule has 0 saturated heterocycles. The molecule has 568 valence electrons. The van der Waals surface area contributed by atoms with Crippen molar-refractivity contribution < 1.29 is 180 Å². The standard InChI is InChI=1S/C61H102O37/c1-52(19-62,20-63)43(74)94-32-57(6,29-83-10)48(79)90-15-11-84-37-61(38-85-12-16-91-49(80)58(7,30-88-41-72)33-95-44(75)53(2,21-64)22-65,39-86-13-17-92-50(81)59(8,31-89-42-73)34-96-45(76)54(3,23-66)24-67)40-87-14-18-93-51(82)60(9,35-97-46(77)55(4,25-68)26-69)36-98-47(78)56(5,27-70)28-71/h41-42,62-71H,11-40H2,1-10H3. The van der Waals surface area contributed by atoms with Crippen LogP contribution >= 0.6 is 0 Å². The summed E-state index contributed by atoms with van der Waals surface area (Å²) < 4.78 is 86.9. The number of carbonyl (C=O) groups excluding carboxylic acids is 11. The zero-order chi connectivity index (χ0) is 75.1. The Balaban J connectivity index is 7.40. The largest absolute Gasteiger partial charge is 0.467 e. The molecule has 0 rings (SSSR count). The van der Waals surface area contributed by atoms with Gasteiger partial charge in [0.25, 0.3) is 12.9 Å². The predicted octanol–water partition coefficient (Wildman–Crippen LogP) is -5.10. The first-order valence-corrected chi connectivity index (χ1v) is 30.5. The highest BCUT2D eigenvalue weighted by molar-refractivity contribution is 5.83. The van der Waals surface area contributed by atoms with Gasteiger partial charge in [-0.05, 0) is 62.3 Å². The topological polar surface area (TPSA) is 538 Å². The highest BCUT2D eigenvalue weighted by atomic mass is 16.6. The number of esters is 9. The van der Waals surface area contributed by atoms with E-state index in [1.54, 1.807) is 0 Å². The smallest absolute Gasteiger partial charge is 0.318 e. The summed E-state index contributed by atoms with van der Waals surface area (Å²) in [7, 11) is 1.25. The van der Waals surface area contributed by atoms with Gasteiger partial charge in [-0.25, -0.2) is 0 Å². The van der Waals surface area contributed by atoms with E-state index in [-0.39, 0.29) is 19.6 Å². The van der Waals surface area contributed by atoms with Crippen molar-refractivity contribution in [2.45, 2.75) is 62.3 Å². The molecule has 3 unspecified atom stereocenters. The number of hydrogen-bond acceptors (Lipinski definition) is 37. The summed E-state index contributed by atoms with van der Waals surface area (Å²) in [5, 5.41) is 97.2. The van der Waals surface area contributed by atoms with E-state index in [1.807, 2.05) is 0 Å². The normalized spacial score (nSPS) is 14.7. The Morgan fingerprint density at radius 3 is 0.592 bits per heavy atom. The Hall–Kier alpha value is -6.43. The van der Waals surface area contributed by atoms with Gasteiger partial charge in [0.15, 0.2) is 0 Å². The molecule has 0 fully saturated rings. The Morgan fingerprint density at radius 2 is 0.418 bits per heavy atom. The van der Waals surface area contributed by atoms with Gasteiger partial charge in [-0.1, -0.05) is 0 Å². The number of aliphatic hydroxyl groups excluding tert-OH is 10. The van der Waals surface area contributed by atoms with Crippen LogP contribution in [0.25, 0.3) is 0 Å². The van der Waals surface area contributed by atoms with Gasteiger partial charge >= 0.3 is 53.7 Å². The molecule has 3 atom stereocenters. The number of ether oxygens (including phenoxy) is 16. The average molecular weight is 1430 g/mol. The summed E-state index contributed by atoms with van der Waals surface area (Å²) in [5.41, 5.74) is -18.0. The molecule has 0 heterocycles. The predicted molar refractivity (Wildman–Crippen MR) is 324 cm³/mol. The molecule has 0 aromatic heterocycles. The second kappa shape index (κ2) is 44.0. The first kappa shape index (κ1) is 91.6. The Morgan fingerprint density at radius 1 is 0.245 bits per heavy atom. The van der Waals surface area contributed by atoms with Crippen LogP contribution in [-0.4, -0.2) is 323 Å². The number of methoxy groups -OCH3 is 1. The van der Waals surface area contributed by atoms with Gasteiger partial charge < -0.3 is 127 Å². The number of aliphatic hydroxyl groups is 10. The first-order valence-electron chi connectivity index (χ1n) is 30.5. The second-order valence-electron chi connectivity index (χ2n) is 26.0. The van der Waals surface area contributed by atoms with Crippen molar-refractivity contribution in [1.82, 2.24) is 0 Å². The zero-order valence-corrected chi connectivity index (χ0v) is 57.4. The molecule has 10 N–H and O–H groups in total. The van der Waals surface area contributed by atoms with Gasteiger partial charge in [0.05, 0.1) is 131 Å². The van der Waals surface area contributed by atoms with Crippen LogP contribution in [0.2, 0.25) is 0 Å². The van der Waals surface area contributed by atoms with E-state index < -0.39 is 299 Å². The summed E-state index contributed by atoms with van der Waals surface area (Å²) in [4.78, 5) is 141. The van der Waals surface area contributed by atoms with Crippen LogP contribution in [0, 0.1) is 54.1 Å². The molecule has 0 radical (unpaired) electrons. The summed E-state index contributed by atoms with van der Waals surface area (Å²) in [6, 6.07) is 0. The van der Waals surface area contributed by atoms with Crippen molar-refractivity contribution in [3.63, 3.8) is 0 Å². The maximum atomic E-state index is 13.9. The van der Waals surface area contributed by atoms with Crippen molar-refractivity contribution in [3.05, 3.63) is 0 Å². The van der Waals surface area contributed by atoms with E-state index in [9.17, 15) is 104 Å². The molecule has 0 bridgehead atoms. The maximum Gasteiger partial charge on any atom is 0.318 e. The van der Waals surface area contributed by atoms with Gasteiger partial charge in [0.1, 0.15) is 121 Å². The fraction of sp³-hybridized carbons (Fsp3) is 0.820. The SMILES string of the molecule is COCC(C)(COC(=O)C(C)(CO)CO)C(=O)OCCOCC(COCCOC(=O)C(C)(COC=O)COC(=O)C(C)(CO)CO)(COCCOC(=O)C(C)(COC=O)COC(=O)C(C)(CO)CO)COCCOC(=O)C(C)(COC(=O)C(C)(CO)CO)COC(=O)C(C)(CO)CO. The van der Waals surface area contributed by atoms with Crippen LogP contribution in [0.3, 0.4) is 0 Å². The van der Waals surface area contributed by atoms with Crippen LogP contribution in [-0.2, 0) is 129 Å². The molecule has 0 aliphatic heterocycles. The molecule has 98 heavy (non-hydrogen) atoms. The number of carbonyl (C=O) groups is 11. The minimum Gasteiger partial charge on any atom is -0.467 e. The van der Waals surface area contributed by atoms with E-state index >= 15 is 0 Å². The van der Waals surface area contributed by atoms with Crippen LogP contribution in [0.4, 0.5) is 0 Å². The summed E-state index contributed by atoms with van der Waals surface area (Å²) >= 11 is 0. The molecule has 0 saturated carbocycles. The van der Waals surface area contributed by atoms with Crippen LogP contribution < -0.4 is 0 Å². The molecule has 0 amide bonds. The van der Waals surface area contributed by atoms with Crippen molar-refractivity contribution in [3.8, 4) is 0 Å². The van der Waals surface area contributed by atoms with Gasteiger partial charge in [0.2, 0.25) is 0 Å². The Bertz CT molecular complexity index is 2360. The van der Waals surface area contributed by atoms with Crippen LogP contribution in [0.1, 0.15) is 62.3 Å². The Labute approximate surface area is 566 Å². The minimum absolute atomic E-state index is 0.0120.